The number of anilines is 1. The molecule has 29 heavy (non-hydrogen) atoms. The van der Waals surface area contributed by atoms with Gasteiger partial charge in [-0.25, -0.2) is 4.79 Å². The molecule has 0 unspecified atom stereocenters. The number of nitrogens with one attached hydrogen (secondary N) is 1. The van der Waals surface area contributed by atoms with E-state index in [9.17, 15) is 19.2 Å². The molecule has 2 amide bonds. The van der Waals surface area contributed by atoms with Crippen LogP contribution >= 0.6 is 23.4 Å². The summed E-state index contributed by atoms with van der Waals surface area (Å²) in [4.78, 5) is 45.2. The summed E-state index contributed by atoms with van der Waals surface area (Å²) in [6, 6.07) is 4.91. The predicted octanol–water partition coefficient (Wildman–Crippen LogP) is 1.19. The van der Waals surface area contributed by atoms with E-state index in [1.54, 1.807) is 6.08 Å². The number of amides is 2. The Kier molecular flexibility index (Phi) is 8.06. The molecule has 0 aliphatic carbocycles. The zero-order valence-corrected chi connectivity index (χ0v) is 17.0. The molecular formula is C18H21ClN4O5S. The van der Waals surface area contributed by atoms with Crippen molar-refractivity contribution in [3.63, 3.8) is 0 Å². The molecule has 2 saturated heterocycles. The zero-order valence-electron chi connectivity index (χ0n) is 15.4. The number of thioether (sulfide) groups is 1. The number of carbonyl (C=O) groups excluding carboxylic acids is 3. The first-order valence-corrected chi connectivity index (χ1v) is 9.86. The lowest BCUT2D eigenvalue weighted by molar-refractivity contribution is -0.135. The van der Waals surface area contributed by atoms with Gasteiger partial charge in [-0.3, -0.25) is 14.4 Å². The maximum absolute atomic E-state index is 11.8. The molecule has 0 spiro atoms. The first-order valence-electron chi connectivity index (χ1n) is 8.67. The quantitative estimate of drug-likeness (QED) is 0.401. The first-order chi connectivity index (χ1) is 13.7. The van der Waals surface area contributed by atoms with Crippen LogP contribution in [0.5, 0.6) is 0 Å². The molecule has 0 saturated carbocycles. The van der Waals surface area contributed by atoms with Crippen molar-refractivity contribution in [2.45, 2.75) is 18.9 Å². The lowest BCUT2D eigenvalue weighted by atomic mass is 10.1. The van der Waals surface area contributed by atoms with Crippen molar-refractivity contribution in [3.05, 3.63) is 33.7 Å². The minimum atomic E-state index is -1.11. The van der Waals surface area contributed by atoms with Gasteiger partial charge in [-0.05, 0) is 30.3 Å². The fraction of sp³-hybridized carbons (Fsp3) is 0.333. The zero-order chi connectivity index (χ0) is 21.6. The van der Waals surface area contributed by atoms with Crippen LogP contribution in [-0.4, -0.2) is 53.7 Å². The number of allylic oxidation sites excluding steroid dienone is 1. The molecule has 2 aliphatic rings. The van der Waals surface area contributed by atoms with E-state index >= 15 is 0 Å². The number of nitrogens with two attached hydrogens (primary N) is 2. The van der Waals surface area contributed by atoms with Crippen molar-refractivity contribution >= 4 is 58.0 Å². The molecule has 0 bridgehead atoms. The Morgan fingerprint density at radius 1 is 1.38 bits per heavy atom. The van der Waals surface area contributed by atoms with E-state index in [4.69, 9.17) is 22.4 Å². The number of nitrogens with zero attached hydrogens (tertiary/aromatic N) is 1. The van der Waals surface area contributed by atoms with Crippen molar-refractivity contribution in [2.75, 3.05) is 24.5 Å². The van der Waals surface area contributed by atoms with Gasteiger partial charge in [-0.2, -0.15) is 0 Å². The molecule has 6 N–H and O–H groups in total. The number of urea groups is 1. The van der Waals surface area contributed by atoms with Gasteiger partial charge in [0.05, 0.1) is 22.0 Å². The van der Waals surface area contributed by atoms with Crippen molar-refractivity contribution < 1.29 is 24.3 Å². The average molecular weight is 441 g/mol. The largest absolute Gasteiger partial charge is 0.480 e. The molecule has 0 aromatic heterocycles. The van der Waals surface area contributed by atoms with Gasteiger partial charge < -0.3 is 26.8 Å². The first kappa shape index (κ1) is 22.7. The maximum atomic E-state index is 11.8. The summed E-state index contributed by atoms with van der Waals surface area (Å²) < 4.78 is 0. The number of primary amides is 1. The van der Waals surface area contributed by atoms with Crippen LogP contribution in [0.1, 0.15) is 18.4 Å². The number of halogens is 1. The molecule has 3 rings (SSSR count). The standard InChI is InChI=1S/C15H15ClN2O2S.C3H6N2O3/c16-11-3-1-2-9(6-13-12(19)7-14(20)21-13)15(11)18-5-4-10(17)8-18;4-3(8)5-1-2(6)7/h1-3,6,10H,4-5,7-8,17H2;1H2,(H,6,7)(H3,4,5,8)/b13-6-;/t10-;/m0./s1. The van der Waals surface area contributed by atoms with Crippen LogP contribution in [0.2, 0.25) is 5.02 Å². The second-order valence-corrected chi connectivity index (χ2v) is 7.87. The smallest absolute Gasteiger partial charge is 0.323 e. The number of Topliss-reactive ketones (excluding diaryl/α,β-unsaturated/α-hetero) is 1. The highest BCUT2D eigenvalue weighted by molar-refractivity contribution is 8.18. The Bertz CT molecular complexity index is 847. The molecule has 11 heteroatoms. The molecule has 2 heterocycles. The Morgan fingerprint density at radius 3 is 2.59 bits per heavy atom. The van der Waals surface area contributed by atoms with Gasteiger partial charge in [0.25, 0.3) is 0 Å². The van der Waals surface area contributed by atoms with Gasteiger partial charge in [0.1, 0.15) is 6.54 Å². The summed E-state index contributed by atoms with van der Waals surface area (Å²) in [6.07, 6.45) is 2.68. The van der Waals surface area contributed by atoms with Crippen molar-refractivity contribution in [3.8, 4) is 0 Å². The van der Waals surface area contributed by atoms with E-state index in [1.165, 1.54) is 0 Å². The van der Waals surface area contributed by atoms with Crippen LogP contribution in [0.15, 0.2) is 23.1 Å². The number of carboxylic acid groups (broad SMARTS) is 1. The van der Waals surface area contributed by atoms with E-state index in [0.717, 1.165) is 42.5 Å². The topological polar surface area (TPSA) is 156 Å². The summed E-state index contributed by atoms with van der Waals surface area (Å²) in [5.41, 5.74) is 12.2. The van der Waals surface area contributed by atoms with Crippen molar-refractivity contribution in [1.29, 1.82) is 0 Å². The summed E-state index contributed by atoms with van der Waals surface area (Å²) >= 11 is 7.35. The summed E-state index contributed by atoms with van der Waals surface area (Å²) in [7, 11) is 0. The van der Waals surface area contributed by atoms with E-state index in [-0.39, 0.29) is 23.4 Å². The SMILES string of the molecule is NC(=O)NCC(=O)O.N[C@H]1CCN(c2c(Cl)cccc2/C=C2\SC(=O)CC2=O)C1. The molecule has 156 valence electrons. The normalized spacial score (nSPS) is 19.9. The van der Waals surface area contributed by atoms with Gasteiger partial charge >= 0.3 is 12.0 Å². The number of hydrogen-bond acceptors (Lipinski definition) is 7. The Hall–Kier alpha value is -2.56. The fourth-order valence-electron chi connectivity index (χ4n) is 2.82. The van der Waals surface area contributed by atoms with Crippen LogP contribution < -0.4 is 21.7 Å². The average Bonchev–Trinajstić information content (AvgIpc) is 3.19. The lowest BCUT2D eigenvalue weighted by Gasteiger charge is -2.22. The number of benzene rings is 1. The number of aliphatic carboxylic acids is 1. The predicted molar refractivity (Wildman–Crippen MR) is 112 cm³/mol. The molecule has 1 aromatic carbocycles. The van der Waals surface area contributed by atoms with Crippen LogP contribution in [0.4, 0.5) is 10.5 Å². The number of rotatable bonds is 4. The highest BCUT2D eigenvalue weighted by Gasteiger charge is 2.27. The summed E-state index contributed by atoms with van der Waals surface area (Å²) in [5, 5.41) is 10.3. The van der Waals surface area contributed by atoms with Crippen LogP contribution in [0.3, 0.4) is 0 Å². The molecule has 0 radical (unpaired) electrons. The van der Waals surface area contributed by atoms with Gasteiger partial charge in [0.2, 0.25) is 5.12 Å². The lowest BCUT2D eigenvalue weighted by Crippen LogP contribution is -2.33. The molecule has 2 aliphatic heterocycles. The van der Waals surface area contributed by atoms with Crippen molar-refractivity contribution in [2.24, 2.45) is 11.5 Å². The van der Waals surface area contributed by atoms with Gasteiger partial charge in [-0.15, -0.1) is 0 Å². The minimum Gasteiger partial charge on any atom is -0.480 e. The third-order valence-electron chi connectivity index (χ3n) is 4.06. The van der Waals surface area contributed by atoms with Gasteiger partial charge in [0, 0.05) is 24.7 Å². The van der Waals surface area contributed by atoms with Gasteiger partial charge in [0.15, 0.2) is 5.78 Å². The third kappa shape index (κ3) is 6.77. The monoisotopic (exact) mass is 440 g/mol. The number of ketones is 1. The molecule has 1 aromatic rings. The van der Waals surface area contributed by atoms with Crippen LogP contribution in [-0.2, 0) is 14.4 Å². The van der Waals surface area contributed by atoms with Crippen LogP contribution in [0, 0.1) is 0 Å². The second-order valence-electron chi connectivity index (χ2n) is 6.37. The van der Waals surface area contributed by atoms with E-state index in [0.29, 0.717) is 9.93 Å². The number of carboxylic acids is 1. The highest BCUT2D eigenvalue weighted by Crippen LogP contribution is 2.37. The van der Waals surface area contributed by atoms with Crippen molar-refractivity contribution in [1.82, 2.24) is 5.32 Å². The van der Waals surface area contributed by atoms with E-state index in [1.807, 2.05) is 23.5 Å². The van der Waals surface area contributed by atoms with E-state index < -0.39 is 18.5 Å². The molecule has 9 nitrogen and oxygen atoms in total. The molecule has 2 fully saturated rings. The summed E-state index contributed by atoms with van der Waals surface area (Å²) in [5.74, 6) is -1.22. The number of carbonyl (C=O) groups is 4. The van der Waals surface area contributed by atoms with Gasteiger partial charge in [-0.1, -0.05) is 23.7 Å². The minimum absolute atomic E-state index is 0.0129. The second kappa shape index (κ2) is 10.3. The Morgan fingerprint density at radius 2 is 2.10 bits per heavy atom. The van der Waals surface area contributed by atoms with Crippen LogP contribution in [0.25, 0.3) is 6.08 Å². The van der Waals surface area contributed by atoms with E-state index in [2.05, 4.69) is 10.6 Å². The fourth-order valence-corrected chi connectivity index (χ4v) is 3.94. The number of hydrogen-bond donors (Lipinski definition) is 4. The Labute approximate surface area is 176 Å². The molecular weight excluding hydrogens is 420 g/mol. The third-order valence-corrected chi connectivity index (χ3v) is 5.31. The summed E-state index contributed by atoms with van der Waals surface area (Å²) in [6.45, 7) is 1.18. The Balaban J connectivity index is 0.000000321. The highest BCUT2D eigenvalue weighted by atomic mass is 35.5. The molecule has 1 atom stereocenters. The maximum Gasteiger partial charge on any atom is 0.323 e. The number of para-hydroxylation sites is 1.